The second kappa shape index (κ2) is 16.2. The Morgan fingerprint density at radius 2 is 1.43 bits per heavy atom. The summed E-state index contributed by atoms with van der Waals surface area (Å²) in [6.07, 6.45) is 0. The predicted octanol–water partition coefficient (Wildman–Crippen LogP) is -1.43. The van der Waals surface area contributed by atoms with Crippen LogP contribution in [0.25, 0.3) is 0 Å². The number of anilines is 1. The van der Waals surface area contributed by atoms with Gasteiger partial charge in [0.15, 0.2) is 0 Å². The number of carbonyl (C=O) groups is 3. The zero-order valence-corrected chi connectivity index (χ0v) is 22.4. The van der Waals surface area contributed by atoms with Crippen molar-refractivity contribution in [3.8, 4) is 5.75 Å². The van der Waals surface area contributed by atoms with Crippen molar-refractivity contribution < 1.29 is 54.5 Å². The maximum atomic E-state index is 12.7. The Kier molecular flexibility index (Phi) is 18.3. The molecule has 0 unspecified atom stereocenters. The molecule has 0 aliphatic carbocycles. The third-order valence-electron chi connectivity index (χ3n) is 3.77. The van der Waals surface area contributed by atoms with Gasteiger partial charge in [-0.3, -0.25) is 19.1 Å². The molecule has 0 aliphatic heterocycles. The molecule has 1 amide bonds. The van der Waals surface area contributed by atoms with Crippen LogP contribution in [0.2, 0.25) is 0 Å². The standard InChI is InChI=1S/C20H22N2O7S.Na.4H2O/c1-20(2,3)19(26)29-13-8-10-14(11-9-13)30(27,28)22-16-7-5-4-6-15(16)18(25)21-12-17(23)24;;;;;/h4-11,22H,12H2,1-3H3,(H,21,25)(H,23,24);;4*1H2. The van der Waals surface area contributed by atoms with Gasteiger partial charge in [-0.25, -0.2) is 8.42 Å². The molecule has 2 rings (SSSR count). The van der Waals surface area contributed by atoms with Crippen LogP contribution in [-0.4, -0.2) is 89.4 Å². The monoisotopic (exact) mass is 529 g/mol. The van der Waals surface area contributed by atoms with E-state index in [0.717, 1.165) is 0 Å². The number of carboxylic acids is 1. The van der Waals surface area contributed by atoms with Gasteiger partial charge in [0, 0.05) is 29.6 Å². The van der Waals surface area contributed by atoms with Crippen LogP contribution in [0.3, 0.4) is 0 Å². The smallest absolute Gasteiger partial charge is 0.322 e. The van der Waals surface area contributed by atoms with Gasteiger partial charge in [-0.2, -0.15) is 0 Å². The molecule has 0 aliphatic rings. The Hall–Kier alpha value is -2.56. The van der Waals surface area contributed by atoms with Gasteiger partial charge in [0.05, 0.1) is 21.6 Å². The third-order valence-corrected chi connectivity index (χ3v) is 5.15. The van der Waals surface area contributed by atoms with E-state index in [4.69, 9.17) is 9.84 Å². The molecule has 0 aromatic heterocycles. The number of rotatable bonds is 7. The van der Waals surface area contributed by atoms with Gasteiger partial charge >= 0.3 is 11.9 Å². The van der Waals surface area contributed by atoms with Crippen LogP contribution < -0.4 is 14.8 Å². The van der Waals surface area contributed by atoms with Crippen LogP contribution in [-0.2, 0) is 19.6 Å². The van der Waals surface area contributed by atoms with Gasteiger partial charge in [0.1, 0.15) is 12.3 Å². The largest absolute Gasteiger partial charge is 0.480 e. The number of sulfonamides is 1. The minimum absolute atomic E-state index is 0. The van der Waals surface area contributed by atoms with Gasteiger partial charge in [0.2, 0.25) is 0 Å². The molecular formula is C20H30N2NaO11S. The van der Waals surface area contributed by atoms with E-state index >= 15 is 0 Å². The van der Waals surface area contributed by atoms with Crippen LogP contribution in [0.4, 0.5) is 5.69 Å². The van der Waals surface area contributed by atoms with Crippen molar-refractivity contribution in [1.29, 1.82) is 0 Å². The van der Waals surface area contributed by atoms with E-state index in [-0.39, 0.29) is 73.4 Å². The summed E-state index contributed by atoms with van der Waals surface area (Å²) in [5.74, 6) is -2.23. The molecule has 2 aromatic carbocycles. The SMILES string of the molecule is CC(C)(C)C(=O)Oc1ccc(S(=O)(=O)Nc2ccccc2C(=O)NCC(=O)O)cc1.O.O.O.O.[Na]. The molecule has 15 heteroatoms. The molecule has 0 saturated carbocycles. The number of hydrogen-bond acceptors (Lipinski definition) is 6. The summed E-state index contributed by atoms with van der Waals surface area (Å²) < 4.78 is 32.9. The average molecular weight is 530 g/mol. The van der Waals surface area contributed by atoms with E-state index in [1.54, 1.807) is 20.8 Å². The molecule has 0 spiro atoms. The fraction of sp³-hybridized carbons (Fsp3) is 0.250. The van der Waals surface area contributed by atoms with E-state index in [9.17, 15) is 22.8 Å². The molecule has 0 heterocycles. The average Bonchev–Trinajstić information content (AvgIpc) is 2.66. The second-order valence-corrected chi connectivity index (χ2v) is 9.02. The van der Waals surface area contributed by atoms with Crippen LogP contribution in [0.1, 0.15) is 31.1 Å². The first kappa shape index (κ1) is 39.6. The number of carbonyl (C=O) groups excluding carboxylic acids is 2. The van der Waals surface area contributed by atoms with Crippen molar-refractivity contribution in [1.82, 2.24) is 5.32 Å². The number of aliphatic carboxylic acids is 1. The summed E-state index contributed by atoms with van der Waals surface area (Å²) in [6, 6.07) is 11.0. The molecule has 0 atom stereocenters. The minimum atomic E-state index is -4.06. The Morgan fingerprint density at radius 3 is 1.91 bits per heavy atom. The summed E-state index contributed by atoms with van der Waals surface area (Å²) in [7, 11) is -4.06. The molecule has 1 radical (unpaired) electrons. The van der Waals surface area contributed by atoms with Crippen LogP contribution in [0.15, 0.2) is 53.4 Å². The Morgan fingerprint density at radius 1 is 0.914 bits per heavy atom. The third kappa shape index (κ3) is 11.6. The number of ether oxygens (including phenoxy) is 1. The maximum absolute atomic E-state index is 12.7. The molecular weight excluding hydrogens is 499 g/mol. The van der Waals surface area contributed by atoms with E-state index in [0.29, 0.717) is 0 Å². The number of esters is 1. The number of amides is 1. The van der Waals surface area contributed by atoms with E-state index < -0.39 is 39.8 Å². The van der Waals surface area contributed by atoms with E-state index in [1.165, 1.54) is 48.5 Å². The van der Waals surface area contributed by atoms with Crippen molar-refractivity contribution in [2.45, 2.75) is 25.7 Å². The van der Waals surface area contributed by atoms with Crippen molar-refractivity contribution in [3.63, 3.8) is 0 Å². The quantitative estimate of drug-likeness (QED) is 0.218. The molecule has 193 valence electrons. The molecule has 11 N–H and O–H groups in total. The number of hydrogen-bond donors (Lipinski definition) is 3. The van der Waals surface area contributed by atoms with Gasteiger partial charge in [-0.1, -0.05) is 12.1 Å². The summed E-state index contributed by atoms with van der Waals surface area (Å²) in [6.45, 7) is 4.49. The van der Waals surface area contributed by atoms with Crippen LogP contribution in [0, 0.1) is 5.41 Å². The van der Waals surface area contributed by atoms with Gasteiger partial charge in [-0.05, 0) is 57.2 Å². The summed E-state index contributed by atoms with van der Waals surface area (Å²) >= 11 is 0. The number of para-hydroxylation sites is 1. The van der Waals surface area contributed by atoms with Gasteiger partial charge in [0.25, 0.3) is 15.9 Å². The first-order chi connectivity index (χ1) is 13.9. The Balaban J connectivity index is -0.000000961. The molecule has 13 nitrogen and oxygen atoms in total. The maximum Gasteiger partial charge on any atom is 0.322 e. The zero-order chi connectivity index (χ0) is 22.5. The fourth-order valence-electron chi connectivity index (χ4n) is 2.17. The topological polar surface area (TPSA) is 265 Å². The zero-order valence-electron chi connectivity index (χ0n) is 19.6. The number of benzene rings is 2. The predicted molar refractivity (Wildman–Crippen MR) is 129 cm³/mol. The Labute approximate surface area is 224 Å². The molecule has 2 aromatic rings. The molecule has 0 fully saturated rings. The van der Waals surface area contributed by atoms with Crippen LogP contribution >= 0.6 is 0 Å². The summed E-state index contributed by atoms with van der Waals surface area (Å²) in [5.41, 5.74) is -0.751. The Bertz CT molecular complexity index is 1070. The van der Waals surface area contributed by atoms with Crippen LogP contribution in [0.5, 0.6) is 5.75 Å². The normalized spacial score (nSPS) is 9.80. The minimum Gasteiger partial charge on any atom is -0.480 e. The summed E-state index contributed by atoms with van der Waals surface area (Å²) in [5, 5.41) is 10.9. The molecule has 0 saturated heterocycles. The van der Waals surface area contributed by atoms with Gasteiger partial charge < -0.3 is 37.1 Å². The van der Waals surface area contributed by atoms with E-state index in [2.05, 4.69) is 10.0 Å². The first-order valence-electron chi connectivity index (χ1n) is 8.84. The molecule has 0 bridgehead atoms. The second-order valence-electron chi connectivity index (χ2n) is 7.34. The van der Waals surface area contributed by atoms with E-state index in [1.807, 2.05) is 0 Å². The van der Waals surface area contributed by atoms with Crippen molar-refractivity contribution in [2.75, 3.05) is 11.3 Å². The fourth-order valence-corrected chi connectivity index (χ4v) is 3.25. The molecule has 35 heavy (non-hydrogen) atoms. The van der Waals surface area contributed by atoms with Gasteiger partial charge in [-0.15, -0.1) is 0 Å². The van der Waals surface area contributed by atoms with Crippen molar-refractivity contribution >= 4 is 63.1 Å². The first-order valence-corrected chi connectivity index (χ1v) is 10.3. The number of carboxylic acid groups (broad SMARTS) is 1. The summed E-state index contributed by atoms with van der Waals surface area (Å²) in [4.78, 5) is 34.6. The van der Waals surface area contributed by atoms with Crippen molar-refractivity contribution in [3.05, 3.63) is 54.1 Å². The number of nitrogens with one attached hydrogen (secondary N) is 2. The van der Waals surface area contributed by atoms with Crippen molar-refractivity contribution in [2.24, 2.45) is 5.41 Å².